The first-order valence-electron chi connectivity index (χ1n) is 9.28. The summed E-state index contributed by atoms with van der Waals surface area (Å²) in [6.45, 7) is 0.920. The second kappa shape index (κ2) is 8.89. The number of aliphatic imine (C=N–C) groups is 1. The molecule has 0 saturated carbocycles. The summed E-state index contributed by atoms with van der Waals surface area (Å²) in [5.74, 6) is -3.44. The number of benzene rings is 1. The van der Waals surface area contributed by atoms with Crippen LogP contribution in [0.3, 0.4) is 0 Å². The van der Waals surface area contributed by atoms with Crippen molar-refractivity contribution in [3.05, 3.63) is 53.4 Å². The summed E-state index contributed by atoms with van der Waals surface area (Å²) in [5, 5.41) is 10.8. The molecule has 33 heavy (non-hydrogen) atoms. The molecule has 0 bridgehead atoms. The van der Waals surface area contributed by atoms with Crippen molar-refractivity contribution in [1.82, 2.24) is 4.98 Å². The average molecular weight is 469 g/mol. The van der Waals surface area contributed by atoms with Gasteiger partial charge in [-0.2, -0.15) is 18.4 Å². The minimum atomic E-state index is -4.82. The Balaban J connectivity index is 1.89. The van der Waals surface area contributed by atoms with Gasteiger partial charge in [-0.05, 0) is 25.1 Å². The lowest BCUT2D eigenvalue weighted by Gasteiger charge is -2.36. The molecule has 0 radical (unpaired) electrons. The number of hydrogen-bond donors (Lipinski definition) is 2. The van der Waals surface area contributed by atoms with Crippen molar-refractivity contribution in [2.45, 2.75) is 31.2 Å². The molecule has 2 aromatic rings. The maximum absolute atomic E-state index is 14.6. The van der Waals surface area contributed by atoms with E-state index < -0.39 is 53.4 Å². The Hall–Kier alpha value is -3.95. The topological polar surface area (TPSA) is 123 Å². The number of carbonyl (C=O) groups is 1. The van der Waals surface area contributed by atoms with Gasteiger partial charge in [-0.1, -0.05) is 0 Å². The number of halogens is 5. The predicted molar refractivity (Wildman–Crippen MR) is 104 cm³/mol. The molecule has 1 aliphatic heterocycles. The van der Waals surface area contributed by atoms with Gasteiger partial charge in [0.1, 0.15) is 17.5 Å². The van der Waals surface area contributed by atoms with Gasteiger partial charge >= 0.3 is 6.18 Å². The highest BCUT2D eigenvalue weighted by Gasteiger charge is 2.50. The van der Waals surface area contributed by atoms with E-state index in [1.54, 1.807) is 6.07 Å². The molecule has 0 aliphatic carbocycles. The van der Waals surface area contributed by atoms with Crippen LogP contribution >= 0.6 is 0 Å². The molecule has 0 unspecified atom stereocenters. The lowest BCUT2D eigenvalue weighted by atomic mass is 9.85. The number of nitrogens with two attached hydrogens (primary N) is 1. The van der Waals surface area contributed by atoms with Crippen LogP contribution in [0.5, 0.6) is 5.75 Å². The molecule has 2 heterocycles. The second-order valence-corrected chi connectivity index (χ2v) is 7.18. The third-order valence-corrected chi connectivity index (χ3v) is 4.71. The molecule has 3 rings (SSSR count). The van der Waals surface area contributed by atoms with E-state index in [9.17, 15) is 26.7 Å². The Labute approximate surface area is 183 Å². The summed E-state index contributed by atoms with van der Waals surface area (Å²) in [5.41, 5.74) is 2.52. The third-order valence-electron chi connectivity index (χ3n) is 4.71. The minimum absolute atomic E-state index is 0.123. The lowest BCUT2D eigenvalue weighted by molar-refractivity contribution is -0.208. The van der Waals surface area contributed by atoms with Crippen LogP contribution in [0.2, 0.25) is 0 Å². The van der Waals surface area contributed by atoms with Gasteiger partial charge in [0, 0.05) is 23.7 Å². The van der Waals surface area contributed by atoms with Gasteiger partial charge in [0.05, 0.1) is 11.7 Å². The summed E-state index contributed by atoms with van der Waals surface area (Å²) >= 11 is 0. The Morgan fingerprint density at radius 3 is 2.73 bits per heavy atom. The first kappa shape index (κ1) is 23.7. The summed E-state index contributed by atoms with van der Waals surface area (Å²) in [6.07, 6.45) is -6.89. The second-order valence-electron chi connectivity index (χ2n) is 7.18. The summed E-state index contributed by atoms with van der Waals surface area (Å²) in [4.78, 5) is 20.1. The standard InChI is InChI=1S/C20H16F5N5O3/c1-19(8-15(20(23,24)25)33-18(27)30-19)12-6-10(7-13(21)16(12)22)29-17(31)14-3-2-11(9-28-14)32-5-4-26/h2-3,6-7,9,15H,5,8H2,1H3,(H2,27,30)(H,29,31)/t15-,19-/m0/s1. The van der Waals surface area contributed by atoms with Crippen LogP contribution in [0.4, 0.5) is 27.6 Å². The smallest absolute Gasteiger partial charge is 0.425 e. The number of alkyl halides is 3. The fourth-order valence-electron chi connectivity index (χ4n) is 3.18. The van der Waals surface area contributed by atoms with Crippen LogP contribution in [0, 0.1) is 23.0 Å². The van der Waals surface area contributed by atoms with Gasteiger partial charge in [-0.15, -0.1) is 0 Å². The molecule has 3 N–H and O–H groups in total. The maximum Gasteiger partial charge on any atom is 0.425 e. The van der Waals surface area contributed by atoms with Crippen LogP contribution in [0.25, 0.3) is 0 Å². The first-order chi connectivity index (χ1) is 15.4. The normalized spacial score (nSPS) is 20.3. The molecule has 0 saturated heterocycles. The summed E-state index contributed by atoms with van der Waals surface area (Å²) in [7, 11) is 0. The number of nitrogens with one attached hydrogen (secondary N) is 1. The number of amides is 1. The Bertz CT molecular complexity index is 1130. The number of ether oxygens (including phenoxy) is 2. The van der Waals surface area contributed by atoms with Crippen LogP contribution < -0.4 is 15.8 Å². The Morgan fingerprint density at radius 1 is 1.39 bits per heavy atom. The molecule has 0 fully saturated rings. The number of anilines is 1. The SMILES string of the molecule is C[C@@]1(c2cc(NC(=O)c3ccc(OCC#N)cn3)cc(F)c2F)C[C@@H](C(F)(F)F)OC(N)=N1. The molecule has 1 aromatic heterocycles. The molecule has 8 nitrogen and oxygen atoms in total. The van der Waals surface area contributed by atoms with E-state index in [2.05, 4.69) is 20.0 Å². The fourth-order valence-corrected chi connectivity index (χ4v) is 3.18. The van der Waals surface area contributed by atoms with Gasteiger partial charge < -0.3 is 20.5 Å². The number of aromatic nitrogens is 1. The lowest BCUT2D eigenvalue weighted by Crippen LogP contribution is -2.46. The van der Waals surface area contributed by atoms with Crippen molar-refractivity contribution in [3.8, 4) is 11.8 Å². The van der Waals surface area contributed by atoms with Gasteiger partial charge in [0.2, 0.25) is 0 Å². The van der Waals surface area contributed by atoms with Gasteiger partial charge in [0.15, 0.2) is 24.3 Å². The zero-order chi connectivity index (χ0) is 24.4. The van der Waals surface area contributed by atoms with Crippen LogP contribution in [0.15, 0.2) is 35.5 Å². The number of carbonyl (C=O) groups excluding carboxylic acids is 1. The molecule has 1 aliphatic rings. The van der Waals surface area contributed by atoms with Gasteiger partial charge in [-0.3, -0.25) is 4.79 Å². The number of amidine groups is 1. The Kier molecular flexibility index (Phi) is 6.39. The molecule has 1 amide bonds. The van der Waals surface area contributed by atoms with E-state index in [0.29, 0.717) is 6.07 Å². The number of rotatable bonds is 5. The zero-order valence-corrected chi connectivity index (χ0v) is 16.9. The van der Waals surface area contributed by atoms with E-state index in [0.717, 1.165) is 13.0 Å². The van der Waals surface area contributed by atoms with Crippen LogP contribution in [-0.4, -0.2) is 35.8 Å². The average Bonchev–Trinajstić information content (AvgIpc) is 2.73. The number of hydrogen-bond acceptors (Lipinski definition) is 7. The van der Waals surface area contributed by atoms with Gasteiger partial charge in [-0.25, -0.2) is 18.8 Å². The van der Waals surface area contributed by atoms with Crippen molar-refractivity contribution in [2.75, 3.05) is 11.9 Å². The molecule has 174 valence electrons. The molecular formula is C20H16F5N5O3. The number of nitrogens with zero attached hydrogens (tertiary/aromatic N) is 3. The minimum Gasteiger partial charge on any atom is -0.477 e. The molecule has 13 heteroatoms. The first-order valence-corrected chi connectivity index (χ1v) is 9.28. The highest BCUT2D eigenvalue weighted by Crippen LogP contribution is 2.41. The number of nitriles is 1. The zero-order valence-electron chi connectivity index (χ0n) is 16.9. The van der Waals surface area contributed by atoms with Crippen molar-refractivity contribution < 1.29 is 36.2 Å². The van der Waals surface area contributed by atoms with E-state index in [-0.39, 0.29) is 23.7 Å². The monoisotopic (exact) mass is 469 g/mol. The van der Waals surface area contributed by atoms with Crippen molar-refractivity contribution >= 4 is 17.6 Å². The van der Waals surface area contributed by atoms with Crippen molar-refractivity contribution in [2.24, 2.45) is 10.7 Å². The van der Waals surface area contributed by atoms with E-state index in [1.165, 1.54) is 18.3 Å². The van der Waals surface area contributed by atoms with Crippen LogP contribution in [0.1, 0.15) is 29.4 Å². The largest absolute Gasteiger partial charge is 0.477 e. The highest BCUT2D eigenvalue weighted by molar-refractivity contribution is 6.02. The van der Waals surface area contributed by atoms with E-state index >= 15 is 0 Å². The highest BCUT2D eigenvalue weighted by atomic mass is 19.4. The van der Waals surface area contributed by atoms with Gasteiger partial charge in [0.25, 0.3) is 11.9 Å². The molecule has 2 atom stereocenters. The van der Waals surface area contributed by atoms with E-state index in [4.69, 9.17) is 15.7 Å². The third kappa shape index (κ3) is 5.28. The quantitative estimate of drug-likeness (QED) is 0.648. The maximum atomic E-state index is 14.6. The predicted octanol–water partition coefficient (Wildman–Crippen LogP) is 3.40. The van der Waals surface area contributed by atoms with Crippen LogP contribution in [-0.2, 0) is 10.3 Å². The summed E-state index contributed by atoms with van der Waals surface area (Å²) < 4.78 is 78.0. The molecular weight excluding hydrogens is 453 g/mol. The van der Waals surface area contributed by atoms with E-state index in [1.807, 2.05) is 0 Å². The molecule has 0 spiro atoms. The fraction of sp³-hybridized carbons (Fsp3) is 0.300. The Morgan fingerprint density at radius 2 is 2.12 bits per heavy atom. The van der Waals surface area contributed by atoms with Crippen molar-refractivity contribution in [1.29, 1.82) is 5.26 Å². The number of pyridine rings is 1. The van der Waals surface area contributed by atoms with Crippen molar-refractivity contribution in [3.63, 3.8) is 0 Å². The molecule has 1 aromatic carbocycles. The summed E-state index contributed by atoms with van der Waals surface area (Å²) in [6, 6.07) is 5.20.